The fraction of sp³-hybridized carbons (Fsp3) is 0.600. The molecule has 0 saturated heterocycles. The van der Waals surface area contributed by atoms with E-state index in [1.165, 1.54) is 5.56 Å². The lowest BCUT2D eigenvalue weighted by atomic mass is 10.2. The molecule has 0 fully saturated rings. The molecule has 1 aliphatic rings. The van der Waals surface area contributed by atoms with Crippen LogP contribution in [0.1, 0.15) is 23.5 Å². The highest BCUT2D eigenvalue weighted by atomic mass is 15.3. The van der Waals surface area contributed by atoms with Crippen LogP contribution in [0.5, 0.6) is 0 Å². The van der Waals surface area contributed by atoms with Gasteiger partial charge in [0.15, 0.2) is 0 Å². The van der Waals surface area contributed by atoms with Crippen LogP contribution >= 0.6 is 0 Å². The third kappa shape index (κ3) is 2.08. The Morgan fingerprint density at radius 3 is 2.80 bits per heavy atom. The van der Waals surface area contributed by atoms with Crippen LogP contribution in [0.25, 0.3) is 0 Å². The minimum Gasteiger partial charge on any atom is -0.308 e. The van der Waals surface area contributed by atoms with Gasteiger partial charge in [-0.05, 0) is 33.4 Å². The summed E-state index contributed by atoms with van der Waals surface area (Å²) in [6, 6.07) is 0. The molecule has 0 amide bonds. The van der Waals surface area contributed by atoms with Gasteiger partial charge in [-0.15, -0.1) is 0 Å². The average molecular weight is 207 g/mol. The number of hydrogen-bond acceptors (Lipinski definition) is 5. The molecule has 0 atom stereocenters. The summed E-state index contributed by atoms with van der Waals surface area (Å²) in [5.74, 6) is 7.11. The first kappa shape index (κ1) is 10.3. The van der Waals surface area contributed by atoms with E-state index < -0.39 is 0 Å². The smallest absolute Gasteiger partial charge is 0.147 e. The molecule has 0 radical (unpaired) electrons. The number of nitrogen functional groups attached to an aromatic ring is 1. The minimum atomic E-state index is 0.752. The molecule has 0 saturated carbocycles. The van der Waals surface area contributed by atoms with Crippen molar-refractivity contribution in [3.63, 3.8) is 0 Å². The zero-order valence-corrected chi connectivity index (χ0v) is 9.25. The largest absolute Gasteiger partial charge is 0.308 e. The normalized spacial score (nSPS) is 14.4. The Labute approximate surface area is 89.7 Å². The molecular formula is C10H17N5. The number of anilines is 1. The van der Waals surface area contributed by atoms with Gasteiger partial charge in [-0.2, -0.15) is 0 Å². The second-order valence-electron chi connectivity index (χ2n) is 4.15. The van der Waals surface area contributed by atoms with Crippen LogP contribution < -0.4 is 11.3 Å². The van der Waals surface area contributed by atoms with Crippen molar-refractivity contribution in [2.24, 2.45) is 5.84 Å². The number of nitrogens with two attached hydrogens (primary N) is 1. The van der Waals surface area contributed by atoms with Gasteiger partial charge in [-0.25, -0.2) is 15.8 Å². The van der Waals surface area contributed by atoms with Gasteiger partial charge in [0.25, 0.3) is 0 Å². The predicted octanol–water partition coefficient (Wildman–Crippen LogP) is 0.312. The zero-order valence-electron chi connectivity index (χ0n) is 9.25. The molecule has 0 aliphatic heterocycles. The van der Waals surface area contributed by atoms with Crippen molar-refractivity contribution in [1.29, 1.82) is 0 Å². The number of aromatic nitrogens is 2. The Hall–Kier alpha value is -1.20. The summed E-state index contributed by atoms with van der Waals surface area (Å²) in [5, 5.41) is 0. The molecule has 0 aromatic carbocycles. The third-order valence-electron chi connectivity index (χ3n) is 2.57. The molecule has 15 heavy (non-hydrogen) atoms. The highest BCUT2D eigenvalue weighted by Gasteiger charge is 2.18. The van der Waals surface area contributed by atoms with Crippen LogP contribution in [0.2, 0.25) is 0 Å². The average Bonchev–Trinajstić information content (AvgIpc) is 2.63. The quantitative estimate of drug-likeness (QED) is 0.551. The van der Waals surface area contributed by atoms with E-state index in [0.717, 1.165) is 43.1 Å². The Balaban J connectivity index is 2.34. The first-order valence-corrected chi connectivity index (χ1v) is 5.20. The number of nitrogens with one attached hydrogen (secondary N) is 1. The predicted molar refractivity (Wildman–Crippen MR) is 59.3 cm³/mol. The number of hydrazine groups is 1. The molecule has 3 N–H and O–H groups in total. The van der Waals surface area contributed by atoms with Crippen LogP contribution in [0, 0.1) is 0 Å². The summed E-state index contributed by atoms with van der Waals surface area (Å²) >= 11 is 0. The highest BCUT2D eigenvalue weighted by molar-refractivity contribution is 5.47. The van der Waals surface area contributed by atoms with E-state index in [9.17, 15) is 0 Å². The molecular weight excluding hydrogens is 190 g/mol. The lowest BCUT2D eigenvalue weighted by Crippen LogP contribution is -2.18. The van der Waals surface area contributed by atoms with Gasteiger partial charge in [0, 0.05) is 11.3 Å². The van der Waals surface area contributed by atoms with E-state index in [0.29, 0.717) is 0 Å². The van der Waals surface area contributed by atoms with Crippen molar-refractivity contribution in [2.45, 2.75) is 25.8 Å². The number of aryl methyl sites for hydroxylation is 1. The summed E-state index contributed by atoms with van der Waals surface area (Å²) in [7, 11) is 4.01. The van der Waals surface area contributed by atoms with Gasteiger partial charge in [0.1, 0.15) is 11.6 Å². The van der Waals surface area contributed by atoms with Crippen LogP contribution in [0.3, 0.4) is 0 Å². The second-order valence-corrected chi connectivity index (χ2v) is 4.15. The van der Waals surface area contributed by atoms with Crippen molar-refractivity contribution in [2.75, 3.05) is 19.5 Å². The van der Waals surface area contributed by atoms with Gasteiger partial charge >= 0.3 is 0 Å². The maximum Gasteiger partial charge on any atom is 0.147 e. The van der Waals surface area contributed by atoms with Gasteiger partial charge in [-0.1, -0.05) is 0 Å². The summed E-state index contributed by atoms with van der Waals surface area (Å²) < 4.78 is 0. The van der Waals surface area contributed by atoms with Gasteiger partial charge < -0.3 is 10.3 Å². The Morgan fingerprint density at radius 1 is 1.33 bits per heavy atom. The number of fused-ring (bicyclic) bond motifs is 1. The fourth-order valence-corrected chi connectivity index (χ4v) is 1.96. The molecule has 2 rings (SSSR count). The van der Waals surface area contributed by atoms with Crippen molar-refractivity contribution >= 4 is 5.82 Å². The van der Waals surface area contributed by atoms with Crippen LogP contribution in [-0.2, 0) is 19.4 Å². The monoisotopic (exact) mass is 207 g/mol. The first-order chi connectivity index (χ1) is 7.20. The van der Waals surface area contributed by atoms with Crippen LogP contribution in [0.15, 0.2) is 0 Å². The van der Waals surface area contributed by atoms with Gasteiger partial charge in [0.2, 0.25) is 0 Å². The van der Waals surface area contributed by atoms with E-state index in [2.05, 4.69) is 20.3 Å². The van der Waals surface area contributed by atoms with Gasteiger partial charge in [-0.3, -0.25) is 0 Å². The molecule has 1 aliphatic carbocycles. The van der Waals surface area contributed by atoms with E-state index >= 15 is 0 Å². The standard InChI is InChI=1S/C10H17N5/c1-15(2)6-9-12-8-5-3-4-7(8)10(13-9)14-11/h3-6,11H2,1-2H3,(H,12,13,14). The Morgan fingerprint density at radius 2 is 2.13 bits per heavy atom. The molecule has 0 unspecified atom stereocenters. The highest BCUT2D eigenvalue weighted by Crippen LogP contribution is 2.25. The Kier molecular flexibility index (Phi) is 2.83. The van der Waals surface area contributed by atoms with E-state index in [4.69, 9.17) is 5.84 Å². The summed E-state index contributed by atoms with van der Waals surface area (Å²) in [6.45, 7) is 0.752. The SMILES string of the molecule is CN(C)Cc1nc2c(c(NN)n1)CCC2. The lowest BCUT2D eigenvalue weighted by molar-refractivity contribution is 0.390. The first-order valence-electron chi connectivity index (χ1n) is 5.20. The maximum absolute atomic E-state index is 5.47. The summed E-state index contributed by atoms with van der Waals surface area (Å²) in [5.41, 5.74) is 5.03. The fourth-order valence-electron chi connectivity index (χ4n) is 1.96. The van der Waals surface area contributed by atoms with Crippen molar-refractivity contribution in [1.82, 2.24) is 14.9 Å². The molecule has 0 bridgehead atoms. The topological polar surface area (TPSA) is 67.1 Å². The number of rotatable bonds is 3. The number of hydrogen-bond donors (Lipinski definition) is 2. The van der Waals surface area contributed by atoms with Crippen molar-refractivity contribution in [3.05, 3.63) is 17.1 Å². The lowest BCUT2D eigenvalue weighted by Gasteiger charge is -2.12. The molecule has 82 valence electrons. The molecule has 1 aromatic heterocycles. The molecule has 5 heteroatoms. The van der Waals surface area contributed by atoms with E-state index in [1.807, 2.05) is 14.1 Å². The molecule has 5 nitrogen and oxygen atoms in total. The van der Waals surface area contributed by atoms with E-state index in [1.54, 1.807) is 0 Å². The van der Waals surface area contributed by atoms with Crippen molar-refractivity contribution < 1.29 is 0 Å². The molecule has 1 heterocycles. The Bertz CT molecular complexity index is 361. The molecule has 1 aromatic rings. The number of nitrogens with zero attached hydrogens (tertiary/aromatic N) is 3. The molecule has 0 spiro atoms. The minimum absolute atomic E-state index is 0.752. The van der Waals surface area contributed by atoms with Crippen LogP contribution in [0.4, 0.5) is 5.82 Å². The van der Waals surface area contributed by atoms with Gasteiger partial charge in [0.05, 0.1) is 6.54 Å². The van der Waals surface area contributed by atoms with Crippen molar-refractivity contribution in [3.8, 4) is 0 Å². The summed E-state index contributed by atoms with van der Waals surface area (Å²) in [4.78, 5) is 11.0. The third-order valence-corrected chi connectivity index (χ3v) is 2.57. The maximum atomic E-state index is 5.47. The van der Waals surface area contributed by atoms with E-state index in [-0.39, 0.29) is 0 Å². The van der Waals surface area contributed by atoms with Crippen LogP contribution in [-0.4, -0.2) is 29.0 Å². The second kappa shape index (κ2) is 4.12. The zero-order chi connectivity index (χ0) is 10.8. The summed E-state index contributed by atoms with van der Waals surface area (Å²) in [6.07, 6.45) is 3.24.